The predicted molar refractivity (Wildman–Crippen MR) is 119 cm³/mol. The van der Waals surface area contributed by atoms with Crippen molar-refractivity contribution >= 4 is 6.09 Å². The summed E-state index contributed by atoms with van der Waals surface area (Å²) in [5, 5.41) is 11.8. The monoisotopic (exact) mass is 436 g/mol. The van der Waals surface area contributed by atoms with Crippen LogP contribution in [0.2, 0.25) is 0 Å². The molecule has 1 aliphatic carbocycles. The van der Waals surface area contributed by atoms with Gasteiger partial charge in [-0.2, -0.15) is 0 Å². The summed E-state index contributed by atoms with van der Waals surface area (Å²) < 4.78 is 13.0. The number of carbonyl (C=O) groups excluding carboxylic acids is 1. The second kappa shape index (κ2) is 8.94. The number of hydrogen-bond acceptors (Lipinski definition) is 7. The average molecular weight is 437 g/mol. The lowest BCUT2D eigenvalue weighted by Crippen LogP contribution is -2.44. The molecular weight excluding hydrogens is 408 g/mol. The van der Waals surface area contributed by atoms with Gasteiger partial charge in [-0.3, -0.25) is 9.55 Å². The van der Waals surface area contributed by atoms with Crippen molar-refractivity contribution in [3.05, 3.63) is 48.7 Å². The van der Waals surface area contributed by atoms with Gasteiger partial charge in [0.1, 0.15) is 23.4 Å². The number of aromatic nitrogens is 5. The number of carbonyl (C=O) groups is 1. The molecule has 0 saturated heterocycles. The van der Waals surface area contributed by atoms with Crippen molar-refractivity contribution in [2.24, 2.45) is 0 Å². The summed E-state index contributed by atoms with van der Waals surface area (Å²) >= 11 is 0. The van der Waals surface area contributed by atoms with Crippen molar-refractivity contribution in [3.8, 4) is 23.0 Å². The van der Waals surface area contributed by atoms with Gasteiger partial charge in [-0.15, -0.1) is 10.2 Å². The number of nitrogens with zero attached hydrogens (tertiary/aromatic N) is 5. The predicted octanol–water partition coefficient (Wildman–Crippen LogP) is 3.89. The van der Waals surface area contributed by atoms with E-state index in [1.165, 1.54) is 0 Å². The molecule has 1 saturated carbocycles. The molecular formula is C23H28N6O3. The lowest BCUT2D eigenvalue weighted by molar-refractivity contribution is 0.0336. The molecule has 3 heterocycles. The molecule has 1 fully saturated rings. The normalized spacial score (nSPS) is 18.0. The van der Waals surface area contributed by atoms with Crippen molar-refractivity contribution in [3.63, 3.8) is 0 Å². The minimum atomic E-state index is -0.393. The van der Waals surface area contributed by atoms with Gasteiger partial charge in [0, 0.05) is 23.9 Å². The first-order valence-electron chi connectivity index (χ1n) is 10.8. The topological polar surface area (TPSA) is 104 Å². The highest BCUT2D eigenvalue weighted by molar-refractivity contribution is 5.68. The summed E-state index contributed by atoms with van der Waals surface area (Å²) in [5.41, 5.74) is 1.27. The largest absolute Gasteiger partial charge is 0.492 e. The summed E-state index contributed by atoms with van der Waals surface area (Å²) in [5.74, 6) is 2.29. The van der Waals surface area contributed by atoms with Crippen LogP contribution in [0.4, 0.5) is 4.79 Å². The second-order valence-corrected chi connectivity index (χ2v) is 8.81. The van der Waals surface area contributed by atoms with E-state index in [9.17, 15) is 4.79 Å². The Bertz CT molecular complexity index is 1050. The molecule has 4 rings (SSSR count). The average Bonchev–Trinajstić information content (AvgIpc) is 3.15. The number of hydrogen-bond donors (Lipinski definition) is 1. The lowest BCUT2D eigenvalue weighted by atomic mass is 9.81. The third-order valence-corrected chi connectivity index (χ3v) is 5.10. The smallest absolute Gasteiger partial charge is 0.407 e. The molecule has 0 unspecified atom stereocenters. The molecule has 3 aromatic heterocycles. The number of rotatable bonds is 6. The Morgan fingerprint density at radius 1 is 1.16 bits per heavy atom. The third kappa shape index (κ3) is 4.87. The Balaban J connectivity index is 1.56. The fraction of sp³-hybridized carbons (Fsp3) is 0.435. The van der Waals surface area contributed by atoms with Crippen molar-refractivity contribution in [1.82, 2.24) is 30.0 Å². The van der Waals surface area contributed by atoms with Gasteiger partial charge in [-0.25, -0.2) is 9.78 Å². The molecule has 0 atom stereocenters. The molecule has 0 aliphatic heterocycles. The van der Waals surface area contributed by atoms with Crippen LogP contribution in [0.3, 0.4) is 0 Å². The zero-order valence-corrected chi connectivity index (χ0v) is 18.8. The van der Waals surface area contributed by atoms with Crippen molar-refractivity contribution in [2.45, 2.75) is 58.1 Å². The molecule has 0 aromatic carbocycles. The van der Waals surface area contributed by atoms with Gasteiger partial charge in [0.25, 0.3) is 0 Å². The van der Waals surface area contributed by atoms with E-state index in [0.29, 0.717) is 36.7 Å². The zero-order chi connectivity index (χ0) is 22.7. The first-order chi connectivity index (χ1) is 15.3. The number of ether oxygens (including phenoxy) is 2. The number of pyridine rings is 2. The van der Waals surface area contributed by atoms with Crippen molar-refractivity contribution in [2.75, 3.05) is 6.61 Å². The highest BCUT2D eigenvalue weighted by Crippen LogP contribution is 2.40. The summed E-state index contributed by atoms with van der Waals surface area (Å²) in [7, 11) is 0. The lowest BCUT2D eigenvalue weighted by Gasteiger charge is -2.35. The van der Waals surface area contributed by atoms with Gasteiger partial charge in [0.05, 0.1) is 18.5 Å². The maximum atomic E-state index is 12.1. The Kier molecular flexibility index (Phi) is 6.07. The van der Waals surface area contributed by atoms with Gasteiger partial charge >= 0.3 is 6.09 Å². The molecule has 1 amide bonds. The van der Waals surface area contributed by atoms with Gasteiger partial charge in [-0.05, 0) is 64.8 Å². The molecule has 0 spiro atoms. The number of amides is 1. The van der Waals surface area contributed by atoms with Crippen LogP contribution in [0.15, 0.2) is 42.9 Å². The molecule has 3 aromatic rings. The maximum absolute atomic E-state index is 12.1. The number of nitrogens with one attached hydrogen (secondary N) is 1. The molecule has 0 bridgehead atoms. The Morgan fingerprint density at radius 2 is 1.91 bits per heavy atom. The van der Waals surface area contributed by atoms with E-state index in [0.717, 1.165) is 11.5 Å². The first-order valence-corrected chi connectivity index (χ1v) is 10.8. The van der Waals surface area contributed by atoms with E-state index in [4.69, 9.17) is 9.47 Å². The van der Waals surface area contributed by atoms with E-state index >= 15 is 0 Å². The molecule has 1 aliphatic rings. The minimum absolute atomic E-state index is 0.125. The fourth-order valence-electron chi connectivity index (χ4n) is 3.60. The molecule has 32 heavy (non-hydrogen) atoms. The molecule has 9 nitrogen and oxygen atoms in total. The van der Waals surface area contributed by atoms with Gasteiger partial charge in [0.2, 0.25) is 0 Å². The van der Waals surface area contributed by atoms with Crippen LogP contribution in [-0.4, -0.2) is 49.1 Å². The fourth-order valence-corrected chi connectivity index (χ4v) is 3.60. The molecule has 1 N–H and O–H groups in total. The Morgan fingerprint density at radius 3 is 2.53 bits per heavy atom. The minimum Gasteiger partial charge on any atom is -0.492 e. The van der Waals surface area contributed by atoms with E-state index in [2.05, 4.69) is 25.5 Å². The van der Waals surface area contributed by atoms with Crippen LogP contribution in [-0.2, 0) is 4.74 Å². The summed E-state index contributed by atoms with van der Waals surface area (Å²) in [4.78, 5) is 20.7. The van der Waals surface area contributed by atoms with Crippen LogP contribution in [0.25, 0.3) is 17.2 Å². The first kappa shape index (κ1) is 21.7. The van der Waals surface area contributed by atoms with Crippen molar-refractivity contribution in [1.29, 1.82) is 0 Å². The van der Waals surface area contributed by atoms with Crippen LogP contribution >= 0.6 is 0 Å². The van der Waals surface area contributed by atoms with Crippen molar-refractivity contribution < 1.29 is 14.3 Å². The SMILES string of the molecule is CCOc1ccc(-c2nnc(C3CC(OC(=O)NC(C)(C)C)C3)n2-c2ccncc2)nc1. The van der Waals surface area contributed by atoms with Crippen LogP contribution < -0.4 is 10.1 Å². The second-order valence-electron chi connectivity index (χ2n) is 8.81. The summed E-state index contributed by atoms with van der Waals surface area (Å²) in [6.07, 6.45) is 6.00. The van der Waals surface area contributed by atoms with E-state index in [-0.39, 0.29) is 17.6 Å². The summed E-state index contributed by atoms with van der Waals surface area (Å²) in [6.45, 7) is 8.28. The van der Waals surface area contributed by atoms with Crippen LogP contribution in [0, 0.1) is 0 Å². The third-order valence-electron chi connectivity index (χ3n) is 5.10. The Labute approximate surface area is 187 Å². The maximum Gasteiger partial charge on any atom is 0.407 e. The quantitative estimate of drug-likeness (QED) is 0.625. The highest BCUT2D eigenvalue weighted by atomic mass is 16.6. The Hall–Kier alpha value is -3.49. The highest BCUT2D eigenvalue weighted by Gasteiger charge is 2.38. The summed E-state index contributed by atoms with van der Waals surface area (Å²) in [6, 6.07) is 7.57. The van der Waals surface area contributed by atoms with Gasteiger partial charge in [0.15, 0.2) is 5.82 Å². The zero-order valence-electron chi connectivity index (χ0n) is 18.8. The van der Waals surface area contributed by atoms with Gasteiger partial charge < -0.3 is 14.8 Å². The van der Waals surface area contributed by atoms with Crippen LogP contribution in [0.1, 0.15) is 52.3 Å². The number of alkyl carbamates (subject to hydrolysis) is 1. The van der Waals surface area contributed by atoms with E-state index in [1.54, 1.807) is 18.6 Å². The molecule has 0 radical (unpaired) electrons. The molecule has 168 valence electrons. The van der Waals surface area contributed by atoms with E-state index in [1.807, 2.05) is 56.5 Å². The van der Waals surface area contributed by atoms with E-state index < -0.39 is 6.09 Å². The molecule has 9 heteroatoms. The van der Waals surface area contributed by atoms with Crippen LogP contribution in [0.5, 0.6) is 5.75 Å². The standard InChI is InChI=1S/C23H28N6O3/c1-5-31-17-6-7-19(25-14-17)21-28-27-20(29(21)16-8-10-24-11-9-16)15-12-18(13-15)32-22(30)26-23(2,3)4/h6-11,14-15,18H,5,12-13H2,1-4H3,(H,26,30). The van der Waals surface area contributed by atoms with Gasteiger partial charge in [-0.1, -0.05) is 0 Å².